The third-order valence-corrected chi connectivity index (χ3v) is 3.24. The highest BCUT2D eigenvalue weighted by Crippen LogP contribution is 2.22. The minimum Gasteiger partial charge on any atom is -0.389 e. The van der Waals surface area contributed by atoms with E-state index in [0.29, 0.717) is 15.1 Å². The van der Waals surface area contributed by atoms with Crippen molar-refractivity contribution < 1.29 is 14.6 Å². The molecule has 0 saturated carbocycles. The van der Waals surface area contributed by atoms with Crippen LogP contribution in [0.4, 0.5) is 0 Å². The number of carbonyl (C=O) groups excluding carboxylic acids is 1. The monoisotopic (exact) mass is 335 g/mol. The Bertz CT molecular complexity index is 428. The van der Waals surface area contributed by atoms with Crippen LogP contribution in [0.25, 0.3) is 0 Å². The number of methoxy groups -OCH3 is 1. The Morgan fingerprint density at radius 2 is 2.28 bits per heavy atom. The number of aliphatic hydroxyl groups excluding tert-OH is 1. The van der Waals surface area contributed by atoms with Crippen LogP contribution in [0.3, 0.4) is 0 Å². The number of amides is 1. The lowest BCUT2D eigenvalue weighted by Crippen LogP contribution is -2.36. The van der Waals surface area contributed by atoms with Gasteiger partial charge in [-0.25, -0.2) is 0 Å². The molecule has 1 unspecified atom stereocenters. The molecule has 0 radical (unpaired) electrons. The second-order valence-electron chi connectivity index (χ2n) is 3.92. The Hall–Kier alpha value is -0.620. The van der Waals surface area contributed by atoms with Gasteiger partial charge in [-0.1, -0.05) is 11.6 Å². The molecule has 0 aliphatic heterocycles. The summed E-state index contributed by atoms with van der Waals surface area (Å²) < 4.78 is 5.45. The van der Waals surface area contributed by atoms with Gasteiger partial charge in [-0.2, -0.15) is 0 Å². The summed E-state index contributed by atoms with van der Waals surface area (Å²) in [7, 11) is 3.13. The van der Waals surface area contributed by atoms with Gasteiger partial charge in [0.15, 0.2) is 0 Å². The van der Waals surface area contributed by atoms with Crippen LogP contribution in [0.5, 0.6) is 0 Å². The fourth-order valence-electron chi connectivity index (χ4n) is 1.51. The highest BCUT2D eigenvalue weighted by molar-refractivity contribution is 9.10. The van der Waals surface area contributed by atoms with Gasteiger partial charge in [0.2, 0.25) is 0 Å². The molecule has 1 aromatic rings. The van der Waals surface area contributed by atoms with Crippen LogP contribution in [-0.2, 0) is 4.74 Å². The van der Waals surface area contributed by atoms with E-state index in [0.717, 1.165) is 0 Å². The maximum atomic E-state index is 12.1. The van der Waals surface area contributed by atoms with Crippen molar-refractivity contribution in [2.75, 3.05) is 27.3 Å². The van der Waals surface area contributed by atoms with E-state index < -0.39 is 6.10 Å². The largest absolute Gasteiger partial charge is 0.389 e. The van der Waals surface area contributed by atoms with Crippen LogP contribution >= 0.6 is 27.5 Å². The van der Waals surface area contributed by atoms with Gasteiger partial charge in [0, 0.05) is 30.2 Å². The zero-order valence-corrected chi connectivity index (χ0v) is 12.5. The highest BCUT2D eigenvalue weighted by atomic mass is 79.9. The Morgan fingerprint density at radius 3 is 2.83 bits per heavy atom. The van der Waals surface area contributed by atoms with Crippen molar-refractivity contribution in [2.45, 2.75) is 6.10 Å². The normalized spacial score (nSPS) is 12.3. The van der Waals surface area contributed by atoms with Gasteiger partial charge in [0.25, 0.3) is 5.91 Å². The van der Waals surface area contributed by atoms with Gasteiger partial charge < -0.3 is 14.7 Å². The summed E-state index contributed by atoms with van der Waals surface area (Å²) >= 11 is 9.11. The molecule has 100 valence electrons. The standard InChI is InChI=1S/C12H15BrClNO3/c1-15(6-9(16)7-18-2)12(17)10-4-3-8(14)5-11(10)13/h3-5,9,16H,6-7H2,1-2H3. The number of hydrogen-bond donors (Lipinski definition) is 1. The summed E-state index contributed by atoms with van der Waals surface area (Å²) in [6.07, 6.45) is -0.699. The van der Waals surface area contributed by atoms with Crippen molar-refractivity contribution >= 4 is 33.4 Å². The Balaban J connectivity index is 2.74. The lowest BCUT2D eigenvalue weighted by Gasteiger charge is -2.21. The molecular weight excluding hydrogens is 321 g/mol. The van der Waals surface area contributed by atoms with Crippen LogP contribution in [0, 0.1) is 0 Å². The molecule has 0 saturated heterocycles. The molecule has 18 heavy (non-hydrogen) atoms. The number of ether oxygens (including phenoxy) is 1. The predicted octanol–water partition coefficient (Wildman–Crippen LogP) is 2.18. The molecule has 0 spiro atoms. The SMILES string of the molecule is COCC(O)CN(C)C(=O)c1ccc(Cl)cc1Br. The summed E-state index contributed by atoms with van der Waals surface area (Å²) in [6.45, 7) is 0.404. The topological polar surface area (TPSA) is 49.8 Å². The first kappa shape index (κ1) is 15.4. The minimum atomic E-state index is -0.699. The Kier molecular flexibility index (Phi) is 6.08. The number of rotatable bonds is 5. The molecule has 1 N–H and O–H groups in total. The molecule has 1 amide bonds. The van der Waals surface area contributed by atoms with Crippen LogP contribution in [0.2, 0.25) is 5.02 Å². The first-order chi connectivity index (χ1) is 8.45. The molecule has 1 rings (SSSR count). The average Bonchev–Trinajstić information content (AvgIpc) is 2.28. The molecule has 6 heteroatoms. The number of halogens is 2. The summed E-state index contributed by atoms with van der Waals surface area (Å²) in [5, 5.41) is 10.1. The van der Waals surface area contributed by atoms with Crippen molar-refractivity contribution in [3.63, 3.8) is 0 Å². The quantitative estimate of drug-likeness (QED) is 0.896. The number of nitrogens with zero attached hydrogens (tertiary/aromatic N) is 1. The maximum Gasteiger partial charge on any atom is 0.254 e. The van der Waals surface area contributed by atoms with E-state index >= 15 is 0 Å². The third kappa shape index (κ3) is 4.24. The Labute approximate surface area is 120 Å². The van der Waals surface area contributed by atoms with E-state index in [9.17, 15) is 9.90 Å². The molecule has 0 heterocycles. The lowest BCUT2D eigenvalue weighted by molar-refractivity contribution is 0.0380. The summed E-state index contributed by atoms with van der Waals surface area (Å²) in [5.41, 5.74) is 0.506. The van der Waals surface area contributed by atoms with Gasteiger partial charge >= 0.3 is 0 Å². The molecule has 0 aliphatic carbocycles. The summed E-state index contributed by atoms with van der Waals surface area (Å²) in [4.78, 5) is 13.6. The van der Waals surface area contributed by atoms with E-state index in [-0.39, 0.29) is 19.1 Å². The number of hydrogen-bond acceptors (Lipinski definition) is 3. The van der Waals surface area contributed by atoms with Crippen LogP contribution in [0.1, 0.15) is 10.4 Å². The number of likely N-dealkylation sites (N-methyl/N-ethyl adjacent to an activating group) is 1. The van der Waals surface area contributed by atoms with Gasteiger partial charge in [-0.3, -0.25) is 4.79 Å². The molecule has 1 aromatic carbocycles. The van der Waals surface area contributed by atoms with E-state index in [1.54, 1.807) is 25.2 Å². The van der Waals surface area contributed by atoms with Crippen molar-refractivity contribution in [2.24, 2.45) is 0 Å². The molecule has 0 bridgehead atoms. The second-order valence-corrected chi connectivity index (χ2v) is 5.21. The van der Waals surface area contributed by atoms with Crippen LogP contribution in [-0.4, -0.2) is 49.3 Å². The number of benzene rings is 1. The average molecular weight is 337 g/mol. The smallest absolute Gasteiger partial charge is 0.254 e. The third-order valence-electron chi connectivity index (χ3n) is 2.35. The highest BCUT2D eigenvalue weighted by Gasteiger charge is 2.17. The van der Waals surface area contributed by atoms with Crippen LogP contribution < -0.4 is 0 Å². The molecular formula is C12H15BrClNO3. The molecule has 0 aliphatic rings. The first-order valence-electron chi connectivity index (χ1n) is 5.33. The fraction of sp³-hybridized carbons (Fsp3) is 0.417. The molecule has 0 fully saturated rings. The second kappa shape index (κ2) is 7.09. The van der Waals surface area contributed by atoms with Crippen LogP contribution in [0.15, 0.2) is 22.7 Å². The molecule has 0 aromatic heterocycles. The number of carbonyl (C=O) groups is 1. The summed E-state index contributed by atoms with van der Waals surface area (Å²) in [6, 6.07) is 4.96. The van der Waals surface area contributed by atoms with Gasteiger partial charge in [0.05, 0.1) is 18.3 Å². The van der Waals surface area contributed by atoms with Crippen molar-refractivity contribution in [3.05, 3.63) is 33.3 Å². The van der Waals surface area contributed by atoms with E-state index in [1.165, 1.54) is 12.0 Å². The van der Waals surface area contributed by atoms with E-state index in [4.69, 9.17) is 16.3 Å². The Morgan fingerprint density at radius 1 is 1.61 bits per heavy atom. The predicted molar refractivity (Wildman–Crippen MR) is 74.0 cm³/mol. The zero-order valence-electron chi connectivity index (χ0n) is 10.2. The van der Waals surface area contributed by atoms with Crippen molar-refractivity contribution in [1.29, 1.82) is 0 Å². The van der Waals surface area contributed by atoms with Gasteiger partial charge in [0.1, 0.15) is 0 Å². The lowest BCUT2D eigenvalue weighted by atomic mass is 10.2. The first-order valence-corrected chi connectivity index (χ1v) is 6.50. The molecule has 1 atom stereocenters. The van der Waals surface area contributed by atoms with Gasteiger partial charge in [-0.15, -0.1) is 0 Å². The minimum absolute atomic E-state index is 0.186. The van der Waals surface area contributed by atoms with Gasteiger partial charge in [-0.05, 0) is 34.1 Å². The fourth-order valence-corrected chi connectivity index (χ4v) is 2.36. The van der Waals surface area contributed by atoms with Crippen molar-refractivity contribution in [3.8, 4) is 0 Å². The van der Waals surface area contributed by atoms with E-state index in [2.05, 4.69) is 15.9 Å². The van der Waals surface area contributed by atoms with E-state index in [1.807, 2.05) is 0 Å². The maximum absolute atomic E-state index is 12.1. The van der Waals surface area contributed by atoms with Crippen molar-refractivity contribution in [1.82, 2.24) is 4.90 Å². The number of aliphatic hydroxyl groups is 1. The zero-order chi connectivity index (χ0) is 13.7. The molecule has 4 nitrogen and oxygen atoms in total. The summed E-state index contributed by atoms with van der Waals surface area (Å²) in [5.74, 6) is -0.186.